The Morgan fingerprint density at radius 1 is 1.39 bits per heavy atom. The standard InChI is InChI=1S/C13H19ClN2O2/c1-16(2)8-12(15-13(17)9-18-3)10-4-6-11(14)7-5-10/h4-7,12H,8-9H2,1-3H3,(H,15,17)/t12-/m1/s1. The molecule has 100 valence electrons. The van der Waals surface area contributed by atoms with E-state index in [2.05, 4.69) is 5.32 Å². The van der Waals surface area contributed by atoms with E-state index in [1.807, 2.05) is 43.3 Å². The van der Waals surface area contributed by atoms with Crippen molar-refractivity contribution in [3.63, 3.8) is 0 Å². The molecule has 1 rings (SSSR count). The Bertz CT molecular complexity index is 379. The van der Waals surface area contributed by atoms with Crippen molar-refractivity contribution in [2.75, 3.05) is 34.4 Å². The number of rotatable bonds is 6. The van der Waals surface area contributed by atoms with Gasteiger partial charge in [0.2, 0.25) is 5.91 Å². The lowest BCUT2D eigenvalue weighted by atomic mass is 10.1. The van der Waals surface area contributed by atoms with E-state index < -0.39 is 0 Å². The molecule has 5 heteroatoms. The van der Waals surface area contributed by atoms with E-state index in [1.54, 1.807) is 0 Å². The fraction of sp³-hybridized carbons (Fsp3) is 0.462. The van der Waals surface area contributed by atoms with Gasteiger partial charge in [0.1, 0.15) is 6.61 Å². The molecular weight excluding hydrogens is 252 g/mol. The van der Waals surface area contributed by atoms with Gasteiger partial charge in [0, 0.05) is 18.7 Å². The summed E-state index contributed by atoms with van der Waals surface area (Å²) < 4.78 is 4.82. The first-order valence-corrected chi connectivity index (χ1v) is 6.09. The molecule has 0 spiro atoms. The molecule has 0 fully saturated rings. The van der Waals surface area contributed by atoms with Gasteiger partial charge in [-0.05, 0) is 31.8 Å². The maximum Gasteiger partial charge on any atom is 0.246 e. The number of likely N-dealkylation sites (N-methyl/N-ethyl adjacent to an activating group) is 1. The van der Waals surface area contributed by atoms with Crippen molar-refractivity contribution in [3.05, 3.63) is 34.9 Å². The van der Waals surface area contributed by atoms with Crippen molar-refractivity contribution in [1.29, 1.82) is 0 Å². The van der Waals surface area contributed by atoms with Crippen LogP contribution in [0.2, 0.25) is 5.02 Å². The minimum absolute atomic E-state index is 0.0670. The third kappa shape index (κ3) is 5.04. The Labute approximate surface area is 113 Å². The molecule has 1 aromatic carbocycles. The zero-order chi connectivity index (χ0) is 13.5. The summed E-state index contributed by atoms with van der Waals surface area (Å²) in [6.45, 7) is 0.786. The van der Waals surface area contributed by atoms with Crippen molar-refractivity contribution in [3.8, 4) is 0 Å². The van der Waals surface area contributed by atoms with E-state index in [0.29, 0.717) is 5.02 Å². The Hall–Kier alpha value is -1.10. The van der Waals surface area contributed by atoms with Crippen LogP contribution in [0.25, 0.3) is 0 Å². The Balaban J connectivity index is 2.77. The second-order valence-electron chi connectivity index (χ2n) is 4.37. The number of carbonyl (C=O) groups excluding carboxylic acids is 1. The fourth-order valence-corrected chi connectivity index (χ4v) is 1.79. The number of carbonyl (C=O) groups is 1. The van der Waals surface area contributed by atoms with Crippen LogP contribution in [0.4, 0.5) is 0 Å². The van der Waals surface area contributed by atoms with Crippen molar-refractivity contribution < 1.29 is 9.53 Å². The summed E-state index contributed by atoms with van der Waals surface area (Å²) in [4.78, 5) is 13.6. The molecule has 0 saturated carbocycles. The molecule has 0 saturated heterocycles. The average Bonchev–Trinajstić information content (AvgIpc) is 2.28. The van der Waals surface area contributed by atoms with E-state index in [-0.39, 0.29) is 18.6 Å². The number of nitrogens with one attached hydrogen (secondary N) is 1. The predicted octanol–water partition coefficient (Wildman–Crippen LogP) is 1.71. The number of ether oxygens (including phenoxy) is 1. The van der Waals surface area contributed by atoms with E-state index in [1.165, 1.54) is 7.11 Å². The topological polar surface area (TPSA) is 41.6 Å². The highest BCUT2D eigenvalue weighted by Crippen LogP contribution is 2.17. The van der Waals surface area contributed by atoms with Crippen molar-refractivity contribution >= 4 is 17.5 Å². The minimum Gasteiger partial charge on any atom is -0.375 e. The molecule has 1 amide bonds. The third-order valence-electron chi connectivity index (χ3n) is 2.43. The summed E-state index contributed by atoms with van der Waals surface area (Å²) in [5.74, 6) is -0.126. The molecule has 1 atom stereocenters. The number of methoxy groups -OCH3 is 1. The first-order valence-electron chi connectivity index (χ1n) is 5.71. The van der Waals surface area contributed by atoms with Gasteiger partial charge in [0.05, 0.1) is 6.04 Å². The average molecular weight is 271 g/mol. The van der Waals surface area contributed by atoms with Crippen LogP contribution < -0.4 is 5.32 Å². The zero-order valence-corrected chi connectivity index (χ0v) is 11.7. The Kier molecular flexibility index (Phi) is 6.12. The smallest absolute Gasteiger partial charge is 0.246 e. The highest BCUT2D eigenvalue weighted by atomic mass is 35.5. The van der Waals surface area contributed by atoms with Gasteiger partial charge in [-0.3, -0.25) is 4.79 Å². The van der Waals surface area contributed by atoms with Crippen LogP contribution in [0.5, 0.6) is 0 Å². The van der Waals surface area contributed by atoms with Gasteiger partial charge in [-0.1, -0.05) is 23.7 Å². The summed E-state index contributed by atoms with van der Waals surface area (Å²) in [6.07, 6.45) is 0. The maximum atomic E-state index is 11.6. The molecule has 4 nitrogen and oxygen atoms in total. The van der Waals surface area contributed by atoms with Gasteiger partial charge >= 0.3 is 0 Å². The van der Waals surface area contributed by atoms with Gasteiger partial charge < -0.3 is 15.0 Å². The monoisotopic (exact) mass is 270 g/mol. The fourth-order valence-electron chi connectivity index (χ4n) is 1.66. The van der Waals surface area contributed by atoms with Crippen molar-refractivity contribution in [1.82, 2.24) is 10.2 Å². The molecule has 0 heterocycles. The van der Waals surface area contributed by atoms with Gasteiger partial charge in [-0.15, -0.1) is 0 Å². The molecule has 1 aromatic rings. The van der Waals surface area contributed by atoms with E-state index in [9.17, 15) is 4.79 Å². The number of hydrogen-bond donors (Lipinski definition) is 1. The third-order valence-corrected chi connectivity index (χ3v) is 2.68. The molecule has 0 unspecified atom stereocenters. The normalized spacial score (nSPS) is 12.5. The van der Waals surface area contributed by atoms with Gasteiger partial charge in [0.25, 0.3) is 0 Å². The van der Waals surface area contributed by atoms with Crippen LogP contribution in [0.1, 0.15) is 11.6 Å². The first kappa shape index (κ1) is 15.0. The molecule has 0 aliphatic heterocycles. The van der Waals surface area contributed by atoms with Crippen LogP contribution in [0.3, 0.4) is 0 Å². The minimum atomic E-state index is -0.126. The number of amides is 1. The van der Waals surface area contributed by atoms with Crippen LogP contribution >= 0.6 is 11.6 Å². The summed E-state index contributed by atoms with van der Waals surface area (Å²) >= 11 is 5.86. The van der Waals surface area contributed by atoms with E-state index in [0.717, 1.165) is 12.1 Å². The van der Waals surface area contributed by atoms with Crippen LogP contribution in [0.15, 0.2) is 24.3 Å². The van der Waals surface area contributed by atoms with Crippen LogP contribution in [0, 0.1) is 0 Å². The van der Waals surface area contributed by atoms with E-state index in [4.69, 9.17) is 16.3 Å². The number of benzene rings is 1. The summed E-state index contributed by atoms with van der Waals surface area (Å²) in [5, 5.41) is 3.62. The highest BCUT2D eigenvalue weighted by Gasteiger charge is 2.15. The van der Waals surface area contributed by atoms with Crippen LogP contribution in [-0.2, 0) is 9.53 Å². The predicted molar refractivity (Wildman–Crippen MR) is 72.8 cm³/mol. The molecule has 0 aliphatic rings. The maximum absolute atomic E-state index is 11.6. The first-order chi connectivity index (χ1) is 8.52. The summed E-state index contributed by atoms with van der Waals surface area (Å²) in [6, 6.07) is 7.41. The largest absolute Gasteiger partial charge is 0.375 e. The van der Waals surface area contributed by atoms with Crippen molar-refractivity contribution in [2.24, 2.45) is 0 Å². The molecular formula is C13H19ClN2O2. The Morgan fingerprint density at radius 2 is 2.00 bits per heavy atom. The lowest BCUT2D eigenvalue weighted by molar-refractivity contribution is -0.125. The summed E-state index contributed by atoms with van der Waals surface area (Å²) in [5.41, 5.74) is 1.03. The Morgan fingerprint density at radius 3 is 2.50 bits per heavy atom. The quantitative estimate of drug-likeness (QED) is 0.856. The van der Waals surface area contributed by atoms with Gasteiger partial charge in [-0.2, -0.15) is 0 Å². The SMILES string of the molecule is COCC(=O)N[C@H](CN(C)C)c1ccc(Cl)cc1. The van der Waals surface area contributed by atoms with E-state index >= 15 is 0 Å². The lowest BCUT2D eigenvalue weighted by Crippen LogP contribution is -2.37. The van der Waals surface area contributed by atoms with Crippen LogP contribution in [-0.4, -0.2) is 45.2 Å². The van der Waals surface area contributed by atoms with Crippen molar-refractivity contribution in [2.45, 2.75) is 6.04 Å². The highest BCUT2D eigenvalue weighted by molar-refractivity contribution is 6.30. The molecule has 0 aliphatic carbocycles. The second-order valence-corrected chi connectivity index (χ2v) is 4.80. The lowest BCUT2D eigenvalue weighted by Gasteiger charge is -2.22. The van der Waals surface area contributed by atoms with Gasteiger partial charge in [0.15, 0.2) is 0 Å². The molecule has 0 radical (unpaired) electrons. The second kappa shape index (κ2) is 7.36. The number of hydrogen-bond acceptors (Lipinski definition) is 3. The molecule has 18 heavy (non-hydrogen) atoms. The molecule has 0 bridgehead atoms. The number of nitrogens with zero attached hydrogens (tertiary/aromatic N) is 1. The number of halogens is 1. The zero-order valence-electron chi connectivity index (χ0n) is 10.9. The summed E-state index contributed by atoms with van der Waals surface area (Å²) in [7, 11) is 5.43. The molecule has 0 aromatic heterocycles. The van der Waals surface area contributed by atoms with Gasteiger partial charge in [-0.25, -0.2) is 0 Å². The molecule has 1 N–H and O–H groups in total.